The van der Waals surface area contributed by atoms with Crippen molar-refractivity contribution >= 4 is 5.82 Å². The lowest BCUT2D eigenvalue weighted by atomic mass is 9.95. The number of aryl methyl sites for hydroxylation is 1. The third-order valence-corrected chi connectivity index (χ3v) is 4.59. The number of aromatic nitrogens is 2. The highest BCUT2D eigenvalue weighted by Gasteiger charge is 2.15. The molecule has 110 valence electrons. The van der Waals surface area contributed by atoms with Gasteiger partial charge in [0.25, 0.3) is 0 Å². The lowest BCUT2D eigenvalue weighted by molar-refractivity contribution is 0.461. The van der Waals surface area contributed by atoms with Gasteiger partial charge in [0.05, 0.1) is 0 Å². The molecule has 20 heavy (non-hydrogen) atoms. The zero-order chi connectivity index (χ0) is 13.6. The summed E-state index contributed by atoms with van der Waals surface area (Å²) >= 11 is 0. The van der Waals surface area contributed by atoms with Gasteiger partial charge in [0.2, 0.25) is 0 Å². The van der Waals surface area contributed by atoms with Gasteiger partial charge in [-0.05, 0) is 45.1 Å². The van der Waals surface area contributed by atoms with Crippen molar-refractivity contribution in [1.82, 2.24) is 15.3 Å². The third kappa shape index (κ3) is 3.92. The van der Waals surface area contributed by atoms with Crippen LogP contribution in [-0.2, 0) is 6.42 Å². The van der Waals surface area contributed by atoms with Crippen LogP contribution in [0.3, 0.4) is 0 Å². The number of anilines is 1. The summed E-state index contributed by atoms with van der Waals surface area (Å²) in [6.07, 6.45) is 13.3. The summed E-state index contributed by atoms with van der Waals surface area (Å²) in [4.78, 5) is 8.79. The van der Waals surface area contributed by atoms with Crippen LogP contribution in [0.15, 0.2) is 12.4 Å². The van der Waals surface area contributed by atoms with Crippen molar-refractivity contribution in [3.8, 4) is 0 Å². The Morgan fingerprint density at radius 3 is 2.80 bits per heavy atom. The van der Waals surface area contributed by atoms with Crippen LogP contribution in [0.4, 0.5) is 5.82 Å². The smallest absolute Gasteiger partial charge is 0.129 e. The predicted octanol–water partition coefficient (Wildman–Crippen LogP) is 2.91. The minimum atomic E-state index is 0.614. The topological polar surface area (TPSA) is 49.8 Å². The maximum Gasteiger partial charge on any atom is 0.129 e. The van der Waals surface area contributed by atoms with Gasteiger partial charge in [0, 0.05) is 23.8 Å². The van der Waals surface area contributed by atoms with E-state index in [1.54, 1.807) is 6.33 Å². The highest BCUT2D eigenvalue weighted by molar-refractivity contribution is 5.36. The lowest BCUT2D eigenvalue weighted by Crippen LogP contribution is -2.23. The van der Waals surface area contributed by atoms with E-state index < -0.39 is 0 Å². The molecule has 4 heteroatoms. The summed E-state index contributed by atoms with van der Waals surface area (Å²) < 4.78 is 0. The summed E-state index contributed by atoms with van der Waals surface area (Å²) in [6.45, 7) is 1.18. The summed E-state index contributed by atoms with van der Waals surface area (Å²) in [7, 11) is 0. The molecule has 0 aromatic carbocycles. The van der Waals surface area contributed by atoms with E-state index in [4.69, 9.17) is 0 Å². The van der Waals surface area contributed by atoms with Crippen LogP contribution in [0.25, 0.3) is 0 Å². The zero-order valence-corrected chi connectivity index (χ0v) is 12.3. The number of hydrogen-bond donors (Lipinski definition) is 2. The first-order chi connectivity index (χ1) is 9.90. The average molecular weight is 274 g/mol. The van der Waals surface area contributed by atoms with Crippen molar-refractivity contribution in [3.05, 3.63) is 18.1 Å². The molecule has 1 aliphatic heterocycles. The van der Waals surface area contributed by atoms with Gasteiger partial charge in [0.1, 0.15) is 12.1 Å². The Hall–Kier alpha value is -1.16. The van der Waals surface area contributed by atoms with Crippen LogP contribution in [-0.4, -0.2) is 28.6 Å². The molecule has 1 aromatic rings. The Bertz CT molecular complexity index is 409. The summed E-state index contributed by atoms with van der Waals surface area (Å²) in [5.41, 5.74) is 1.17. The Morgan fingerprint density at radius 2 is 2.00 bits per heavy atom. The fraction of sp³-hybridized carbons (Fsp3) is 0.750. The van der Waals surface area contributed by atoms with Gasteiger partial charge < -0.3 is 10.6 Å². The quantitative estimate of drug-likeness (QED) is 0.867. The molecule has 0 amide bonds. The molecule has 3 rings (SSSR count). The maximum absolute atomic E-state index is 4.41. The Morgan fingerprint density at radius 1 is 1.10 bits per heavy atom. The van der Waals surface area contributed by atoms with E-state index in [1.807, 2.05) is 0 Å². The molecule has 2 aliphatic rings. The molecule has 1 aliphatic carbocycles. The van der Waals surface area contributed by atoms with Crippen LogP contribution >= 0.6 is 0 Å². The van der Waals surface area contributed by atoms with Gasteiger partial charge >= 0.3 is 0 Å². The Kier molecular flexibility index (Phi) is 4.85. The van der Waals surface area contributed by atoms with Crippen molar-refractivity contribution in [1.29, 1.82) is 0 Å². The highest BCUT2D eigenvalue weighted by Crippen LogP contribution is 2.21. The molecular formula is C16H26N4. The third-order valence-electron chi connectivity index (χ3n) is 4.59. The van der Waals surface area contributed by atoms with Crippen LogP contribution in [0, 0.1) is 0 Å². The molecular weight excluding hydrogens is 248 g/mol. The summed E-state index contributed by atoms with van der Waals surface area (Å²) in [5.74, 6) is 1.02. The van der Waals surface area contributed by atoms with Gasteiger partial charge in [-0.1, -0.05) is 19.3 Å². The van der Waals surface area contributed by atoms with Crippen molar-refractivity contribution in [2.24, 2.45) is 0 Å². The molecule has 0 bridgehead atoms. The van der Waals surface area contributed by atoms with Crippen molar-refractivity contribution in [2.45, 2.75) is 69.9 Å². The average Bonchev–Trinajstić information content (AvgIpc) is 3.00. The van der Waals surface area contributed by atoms with E-state index in [9.17, 15) is 0 Å². The SMILES string of the molecule is c1nc(CC[C@@H]2CCCN2)cc(NC2CCCCC2)n1. The molecule has 1 atom stereocenters. The molecule has 0 spiro atoms. The van der Waals surface area contributed by atoms with E-state index in [-0.39, 0.29) is 0 Å². The van der Waals surface area contributed by atoms with E-state index in [0.29, 0.717) is 12.1 Å². The summed E-state index contributed by atoms with van der Waals surface area (Å²) in [5, 5.41) is 7.13. The standard InChI is InChI=1S/C16H26N4/c1-2-5-14(6-3-1)20-16-11-15(18-12-19-16)9-8-13-7-4-10-17-13/h11-14,17H,1-10H2,(H,18,19,20)/t13-/m0/s1. The van der Waals surface area contributed by atoms with Gasteiger partial charge in [-0.3, -0.25) is 0 Å². The highest BCUT2D eigenvalue weighted by atomic mass is 15.0. The van der Waals surface area contributed by atoms with Crippen molar-refractivity contribution in [3.63, 3.8) is 0 Å². The van der Waals surface area contributed by atoms with Gasteiger partial charge in [-0.2, -0.15) is 0 Å². The first-order valence-corrected chi connectivity index (χ1v) is 8.21. The van der Waals surface area contributed by atoms with Crippen molar-refractivity contribution in [2.75, 3.05) is 11.9 Å². The molecule has 1 aromatic heterocycles. The van der Waals surface area contributed by atoms with E-state index >= 15 is 0 Å². The van der Waals surface area contributed by atoms with Crippen LogP contribution in [0.2, 0.25) is 0 Å². The second-order valence-electron chi connectivity index (χ2n) is 6.21. The second kappa shape index (κ2) is 7.02. The largest absolute Gasteiger partial charge is 0.367 e. The lowest BCUT2D eigenvalue weighted by Gasteiger charge is -2.23. The van der Waals surface area contributed by atoms with Gasteiger partial charge in [-0.15, -0.1) is 0 Å². The fourth-order valence-electron chi connectivity index (χ4n) is 3.39. The minimum absolute atomic E-state index is 0.614. The predicted molar refractivity (Wildman–Crippen MR) is 81.9 cm³/mol. The molecule has 2 fully saturated rings. The van der Waals surface area contributed by atoms with Gasteiger partial charge in [-0.25, -0.2) is 9.97 Å². The van der Waals surface area contributed by atoms with E-state index in [1.165, 1.54) is 63.6 Å². The monoisotopic (exact) mass is 274 g/mol. The molecule has 2 heterocycles. The molecule has 0 radical (unpaired) electrons. The van der Waals surface area contributed by atoms with E-state index in [0.717, 1.165) is 12.2 Å². The maximum atomic E-state index is 4.41. The zero-order valence-electron chi connectivity index (χ0n) is 12.3. The number of nitrogens with one attached hydrogen (secondary N) is 2. The number of rotatable bonds is 5. The second-order valence-corrected chi connectivity index (χ2v) is 6.21. The normalized spacial score (nSPS) is 23.9. The Labute approximate surface area is 121 Å². The molecule has 4 nitrogen and oxygen atoms in total. The molecule has 2 N–H and O–H groups in total. The summed E-state index contributed by atoms with van der Waals surface area (Å²) in [6, 6.07) is 3.45. The first-order valence-electron chi connectivity index (χ1n) is 8.21. The molecule has 1 saturated carbocycles. The van der Waals surface area contributed by atoms with E-state index in [2.05, 4.69) is 26.7 Å². The molecule has 1 saturated heterocycles. The Balaban J connectivity index is 1.51. The minimum Gasteiger partial charge on any atom is -0.367 e. The number of hydrogen-bond acceptors (Lipinski definition) is 4. The first kappa shape index (κ1) is 13.8. The number of nitrogens with zero attached hydrogens (tertiary/aromatic N) is 2. The van der Waals surface area contributed by atoms with Crippen LogP contribution in [0.5, 0.6) is 0 Å². The fourth-order valence-corrected chi connectivity index (χ4v) is 3.39. The van der Waals surface area contributed by atoms with Crippen LogP contribution in [0.1, 0.15) is 57.1 Å². The molecule has 0 unspecified atom stereocenters. The van der Waals surface area contributed by atoms with Crippen molar-refractivity contribution < 1.29 is 0 Å². The van der Waals surface area contributed by atoms with Crippen LogP contribution < -0.4 is 10.6 Å². The van der Waals surface area contributed by atoms with Gasteiger partial charge in [0.15, 0.2) is 0 Å².